The van der Waals surface area contributed by atoms with Crippen molar-refractivity contribution in [1.82, 2.24) is 0 Å². The number of rotatable bonds is 2. The van der Waals surface area contributed by atoms with Crippen LogP contribution in [0.2, 0.25) is 0 Å². The number of hydrogen-bond acceptors (Lipinski definition) is 2. The standard InChI is InChI=1S/C21H14OS/c1-2-14-10-6-12-17-19(14)21(22)20-16(11-7-13-18(20)23-17)15-8-4-3-5-9-15/h2-13H,1H2. The van der Waals surface area contributed by atoms with E-state index >= 15 is 0 Å². The van der Waals surface area contributed by atoms with Gasteiger partial charge < -0.3 is 0 Å². The van der Waals surface area contributed by atoms with E-state index in [4.69, 9.17) is 0 Å². The van der Waals surface area contributed by atoms with Crippen LogP contribution in [-0.4, -0.2) is 0 Å². The molecule has 0 fully saturated rings. The first-order valence-corrected chi connectivity index (χ1v) is 8.27. The van der Waals surface area contributed by atoms with Crippen molar-refractivity contribution in [1.29, 1.82) is 0 Å². The van der Waals surface area contributed by atoms with E-state index in [1.165, 1.54) is 0 Å². The third-order valence-corrected chi connectivity index (χ3v) is 5.18. The summed E-state index contributed by atoms with van der Waals surface area (Å²) in [5.41, 5.74) is 3.04. The summed E-state index contributed by atoms with van der Waals surface area (Å²) in [6.45, 7) is 3.85. The van der Waals surface area contributed by atoms with Crippen LogP contribution >= 0.6 is 11.3 Å². The molecule has 110 valence electrons. The van der Waals surface area contributed by atoms with E-state index in [2.05, 4.69) is 6.58 Å². The van der Waals surface area contributed by atoms with Crippen LogP contribution in [0.1, 0.15) is 5.56 Å². The molecule has 0 saturated heterocycles. The molecule has 3 aromatic carbocycles. The van der Waals surface area contributed by atoms with Gasteiger partial charge in [0.1, 0.15) is 0 Å². The number of hydrogen-bond donors (Lipinski definition) is 0. The van der Waals surface area contributed by atoms with Crippen molar-refractivity contribution in [2.75, 3.05) is 0 Å². The summed E-state index contributed by atoms with van der Waals surface area (Å²) in [5.74, 6) is 0. The number of fused-ring (bicyclic) bond motifs is 2. The van der Waals surface area contributed by atoms with Crippen LogP contribution in [0.25, 0.3) is 37.4 Å². The van der Waals surface area contributed by atoms with Crippen molar-refractivity contribution < 1.29 is 0 Å². The maximum atomic E-state index is 13.2. The van der Waals surface area contributed by atoms with Gasteiger partial charge in [-0.3, -0.25) is 4.79 Å². The fourth-order valence-corrected chi connectivity index (χ4v) is 4.15. The highest BCUT2D eigenvalue weighted by atomic mass is 32.1. The lowest BCUT2D eigenvalue weighted by molar-refractivity contribution is 1.65. The van der Waals surface area contributed by atoms with Crippen molar-refractivity contribution in [3.8, 4) is 11.1 Å². The van der Waals surface area contributed by atoms with Crippen molar-refractivity contribution in [2.24, 2.45) is 0 Å². The van der Waals surface area contributed by atoms with E-state index in [0.29, 0.717) is 0 Å². The van der Waals surface area contributed by atoms with Crippen LogP contribution in [0.4, 0.5) is 0 Å². The number of benzene rings is 3. The van der Waals surface area contributed by atoms with Gasteiger partial charge in [-0.15, -0.1) is 11.3 Å². The van der Waals surface area contributed by atoms with Crippen LogP contribution in [0.15, 0.2) is 78.1 Å². The summed E-state index contributed by atoms with van der Waals surface area (Å²) in [4.78, 5) is 13.2. The molecule has 0 aliphatic heterocycles. The Morgan fingerprint density at radius 1 is 0.783 bits per heavy atom. The first-order valence-electron chi connectivity index (χ1n) is 7.46. The highest BCUT2D eigenvalue weighted by Crippen LogP contribution is 2.32. The van der Waals surface area contributed by atoms with Gasteiger partial charge >= 0.3 is 0 Å². The summed E-state index contributed by atoms with van der Waals surface area (Å²) >= 11 is 1.66. The Hall–Kier alpha value is -2.71. The quantitative estimate of drug-likeness (QED) is 0.432. The summed E-state index contributed by atoms with van der Waals surface area (Å²) < 4.78 is 2.02. The molecule has 0 unspecified atom stereocenters. The second kappa shape index (κ2) is 5.49. The Morgan fingerprint density at radius 2 is 1.48 bits per heavy atom. The predicted octanol–water partition coefficient (Wildman–Crippen LogP) is 5.72. The van der Waals surface area contributed by atoms with Crippen LogP contribution in [0, 0.1) is 0 Å². The van der Waals surface area contributed by atoms with E-state index in [-0.39, 0.29) is 5.43 Å². The van der Waals surface area contributed by atoms with E-state index in [1.54, 1.807) is 17.4 Å². The topological polar surface area (TPSA) is 17.1 Å². The smallest absolute Gasteiger partial charge is 0.197 e. The molecule has 1 aromatic heterocycles. The van der Waals surface area contributed by atoms with Crippen molar-refractivity contribution in [3.05, 3.63) is 89.1 Å². The highest BCUT2D eigenvalue weighted by molar-refractivity contribution is 7.24. The Morgan fingerprint density at radius 3 is 2.22 bits per heavy atom. The first-order chi connectivity index (χ1) is 11.3. The van der Waals surface area contributed by atoms with Crippen molar-refractivity contribution >= 4 is 37.6 Å². The molecule has 4 rings (SSSR count). The molecule has 1 heterocycles. The molecular weight excluding hydrogens is 300 g/mol. The normalized spacial score (nSPS) is 11.0. The maximum Gasteiger partial charge on any atom is 0.197 e. The van der Waals surface area contributed by atoms with E-state index in [1.807, 2.05) is 66.7 Å². The molecule has 2 heteroatoms. The lowest BCUT2D eigenvalue weighted by Crippen LogP contribution is -2.04. The van der Waals surface area contributed by atoms with Gasteiger partial charge in [0.2, 0.25) is 0 Å². The van der Waals surface area contributed by atoms with Crippen LogP contribution < -0.4 is 5.43 Å². The molecule has 4 aromatic rings. The minimum Gasteiger partial charge on any atom is -0.288 e. The molecule has 0 spiro atoms. The molecule has 0 atom stereocenters. The average Bonchev–Trinajstić information content (AvgIpc) is 2.61. The zero-order chi connectivity index (χ0) is 15.8. The predicted molar refractivity (Wildman–Crippen MR) is 101 cm³/mol. The van der Waals surface area contributed by atoms with Gasteiger partial charge in [0.15, 0.2) is 5.43 Å². The molecule has 0 saturated carbocycles. The van der Waals surface area contributed by atoms with Crippen LogP contribution in [-0.2, 0) is 0 Å². The van der Waals surface area contributed by atoms with Gasteiger partial charge in [0, 0.05) is 20.2 Å². The van der Waals surface area contributed by atoms with Crippen LogP contribution in [0.5, 0.6) is 0 Å². The van der Waals surface area contributed by atoms with Gasteiger partial charge in [0.25, 0.3) is 0 Å². The Bertz CT molecular complexity index is 1090. The van der Waals surface area contributed by atoms with Gasteiger partial charge in [-0.1, -0.05) is 67.3 Å². The SMILES string of the molecule is C=Cc1cccc2sc3cccc(-c4ccccc4)c3c(=O)c12. The third kappa shape index (κ3) is 2.19. The molecule has 23 heavy (non-hydrogen) atoms. The Labute approximate surface area is 138 Å². The lowest BCUT2D eigenvalue weighted by atomic mass is 10.00. The lowest BCUT2D eigenvalue weighted by Gasteiger charge is -2.08. The monoisotopic (exact) mass is 314 g/mol. The van der Waals surface area contributed by atoms with Gasteiger partial charge in [-0.2, -0.15) is 0 Å². The van der Waals surface area contributed by atoms with Gasteiger partial charge in [0.05, 0.1) is 0 Å². The molecule has 0 aliphatic carbocycles. The molecule has 1 nitrogen and oxygen atoms in total. The highest BCUT2D eigenvalue weighted by Gasteiger charge is 2.12. The molecule has 0 amide bonds. The van der Waals surface area contributed by atoms with Crippen molar-refractivity contribution in [3.63, 3.8) is 0 Å². The van der Waals surface area contributed by atoms with Gasteiger partial charge in [-0.05, 0) is 28.8 Å². The second-order valence-electron chi connectivity index (χ2n) is 5.40. The first kappa shape index (κ1) is 13.9. The fourth-order valence-electron chi connectivity index (χ4n) is 3.00. The largest absolute Gasteiger partial charge is 0.288 e. The fraction of sp³-hybridized carbons (Fsp3) is 0. The Kier molecular flexibility index (Phi) is 3.32. The zero-order valence-electron chi connectivity index (χ0n) is 12.5. The summed E-state index contributed by atoms with van der Waals surface area (Å²) in [6.07, 6.45) is 1.76. The average molecular weight is 314 g/mol. The van der Waals surface area contributed by atoms with E-state index < -0.39 is 0 Å². The molecule has 0 N–H and O–H groups in total. The summed E-state index contributed by atoms with van der Waals surface area (Å²) in [6, 6.07) is 22.1. The molecule has 0 aliphatic rings. The van der Waals surface area contributed by atoms with E-state index in [9.17, 15) is 4.79 Å². The second-order valence-corrected chi connectivity index (χ2v) is 6.48. The van der Waals surface area contributed by atoms with Crippen molar-refractivity contribution in [2.45, 2.75) is 0 Å². The summed E-state index contributed by atoms with van der Waals surface area (Å²) in [7, 11) is 0. The third-order valence-electron chi connectivity index (χ3n) is 4.06. The Balaban J connectivity index is 2.21. The van der Waals surface area contributed by atoms with Gasteiger partial charge in [-0.25, -0.2) is 0 Å². The zero-order valence-corrected chi connectivity index (χ0v) is 13.3. The van der Waals surface area contributed by atoms with Crippen LogP contribution in [0.3, 0.4) is 0 Å². The maximum absolute atomic E-state index is 13.2. The minimum atomic E-state index is 0.0868. The molecular formula is C21H14OS. The molecule has 0 radical (unpaired) electrons. The molecule has 0 bridgehead atoms. The minimum absolute atomic E-state index is 0.0868. The summed E-state index contributed by atoms with van der Waals surface area (Å²) in [5, 5.41) is 1.56. The van der Waals surface area contributed by atoms with E-state index in [0.717, 1.165) is 36.9 Å².